The van der Waals surface area contributed by atoms with Gasteiger partial charge in [0, 0.05) is 0 Å². The van der Waals surface area contributed by atoms with E-state index in [9.17, 15) is 9.59 Å². The van der Waals surface area contributed by atoms with Gasteiger partial charge >= 0.3 is 5.97 Å². The van der Waals surface area contributed by atoms with Gasteiger partial charge in [0.25, 0.3) is 5.24 Å². The van der Waals surface area contributed by atoms with E-state index in [2.05, 4.69) is 0 Å². The highest BCUT2D eigenvalue weighted by Gasteiger charge is 2.20. The van der Waals surface area contributed by atoms with Crippen molar-refractivity contribution in [2.75, 3.05) is 0 Å². The van der Waals surface area contributed by atoms with Crippen molar-refractivity contribution in [2.24, 2.45) is 0 Å². The maximum absolute atomic E-state index is 11.5. The first-order valence-corrected chi connectivity index (χ1v) is 5.52. The highest BCUT2D eigenvalue weighted by atomic mass is 35.5. The van der Waals surface area contributed by atoms with Crippen LogP contribution < -0.4 is 0 Å². The highest BCUT2D eigenvalue weighted by molar-refractivity contribution is 7.17. The number of esters is 1. The van der Waals surface area contributed by atoms with Gasteiger partial charge in [0.2, 0.25) is 0 Å². The number of hydrogen-bond acceptors (Lipinski definition) is 4. The Hall–Kier alpha value is -0.870. The standard InChI is InChI=1S/C10H11ClO3S/c1-10(2,3)14-9(13)7-5-4-6(15-7)8(11)12/h4-5H,1-3H3. The first kappa shape index (κ1) is 12.2. The molecule has 1 aromatic rings. The van der Waals surface area contributed by atoms with Crippen molar-refractivity contribution >= 4 is 34.1 Å². The van der Waals surface area contributed by atoms with Gasteiger partial charge in [0.05, 0.1) is 4.88 Å². The van der Waals surface area contributed by atoms with Gasteiger partial charge in [-0.2, -0.15) is 0 Å². The molecule has 0 N–H and O–H groups in total. The molecule has 82 valence electrons. The molecule has 0 radical (unpaired) electrons. The third-order valence-corrected chi connectivity index (χ3v) is 2.78. The molecule has 1 aromatic heterocycles. The largest absolute Gasteiger partial charge is 0.456 e. The molecule has 0 spiro atoms. The van der Waals surface area contributed by atoms with Crippen LogP contribution in [0, 0.1) is 0 Å². The van der Waals surface area contributed by atoms with Gasteiger partial charge in [-0.3, -0.25) is 4.79 Å². The molecule has 0 aromatic carbocycles. The van der Waals surface area contributed by atoms with Gasteiger partial charge in [-0.15, -0.1) is 11.3 Å². The Morgan fingerprint density at radius 1 is 1.27 bits per heavy atom. The molecule has 0 aliphatic carbocycles. The van der Waals surface area contributed by atoms with E-state index in [1.54, 1.807) is 20.8 Å². The van der Waals surface area contributed by atoms with Crippen molar-refractivity contribution in [2.45, 2.75) is 26.4 Å². The quantitative estimate of drug-likeness (QED) is 0.595. The van der Waals surface area contributed by atoms with Crippen LogP contribution in [-0.2, 0) is 4.74 Å². The van der Waals surface area contributed by atoms with Gasteiger partial charge in [-0.1, -0.05) is 0 Å². The Bertz CT molecular complexity index is 390. The highest BCUT2D eigenvalue weighted by Crippen LogP contribution is 2.21. The Labute approximate surface area is 97.0 Å². The van der Waals surface area contributed by atoms with Crippen LogP contribution in [0.2, 0.25) is 0 Å². The lowest BCUT2D eigenvalue weighted by Gasteiger charge is -2.18. The zero-order valence-corrected chi connectivity index (χ0v) is 10.2. The van der Waals surface area contributed by atoms with Crippen molar-refractivity contribution in [3.8, 4) is 0 Å². The molecule has 0 atom stereocenters. The zero-order valence-electron chi connectivity index (χ0n) is 8.67. The van der Waals surface area contributed by atoms with Gasteiger partial charge in [-0.05, 0) is 44.5 Å². The second-order valence-electron chi connectivity index (χ2n) is 3.94. The average Bonchev–Trinajstić information content (AvgIpc) is 2.47. The van der Waals surface area contributed by atoms with E-state index in [1.165, 1.54) is 12.1 Å². The van der Waals surface area contributed by atoms with E-state index < -0.39 is 16.8 Å². The number of halogens is 1. The predicted molar refractivity (Wildman–Crippen MR) is 59.7 cm³/mol. The third kappa shape index (κ3) is 3.64. The van der Waals surface area contributed by atoms with E-state index in [0.29, 0.717) is 9.75 Å². The lowest BCUT2D eigenvalue weighted by molar-refractivity contribution is 0.00752. The minimum atomic E-state index is -0.560. The van der Waals surface area contributed by atoms with Crippen LogP contribution in [-0.4, -0.2) is 16.8 Å². The van der Waals surface area contributed by atoms with Crippen LogP contribution in [0.5, 0.6) is 0 Å². The van der Waals surface area contributed by atoms with Crippen molar-refractivity contribution < 1.29 is 14.3 Å². The molecule has 0 fully saturated rings. The van der Waals surface area contributed by atoms with Crippen molar-refractivity contribution in [3.63, 3.8) is 0 Å². The summed E-state index contributed by atoms with van der Waals surface area (Å²) in [5.74, 6) is -0.434. The summed E-state index contributed by atoms with van der Waals surface area (Å²) in [6, 6.07) is 3.05. The number of rotatable bonds is 2. The van der Waals surface area contributed by atoms with Gasteiger partial charge in [0.1, 0.15) is 10.5 Å². The monoisotopic (exact) mass is 246 g/mol. The molecule has 0 bridgehead atoms. The fraction of sp³-hybridized carbons (Fsp3) is 0.400. The maximum atomic E-state index is 11.5. The Kier molecular flexibility index (Phi) is 3.52. The van der Waals surface area contributed by atoms with Crippen LogP contribution in [0.3, 0.4) is 0 Å². The molecule has 1 rings (SSSR count). The van der Waals surface area contributed by atoms with E-state index in [0.717, 1.165) is 11.3 Å². The van der Waals surface area contributed by atoms with Crippen molar-refractivity contribution in [3.05, 3.63) is 21.9 Å². The first-order chi connectivity index (χ1) is 6.79. The smallest absolute Gasteiger partial charge is 0.348 e. The molecular weight excluding hydrogens is 236 g/mol. The number of hydrogen-bond donors (Lipinski definition) is 0. The lowest BCUT2D eigenvalue weighted by atomic mass is 10.2. The van der Waals surface area contributed by atoms with Crippen LogP contribution in [0.4, 0.5) is 0 Å². The zero-order chi connectivity index (χ0) is 11.6. The molecular formula is C10H11ClO3S. The minimum absolute atomic E-state index is 0.345. The number of carbonyl (C=O) groups excluding carboxylic acids is 2. The van der Waals surface area contributed by atoms with E-state index in [1.807, 2.05) is 0 Å². The lowest BCUT2D eigenvalue weighted by Crippen LogP contribution is -2.23. The molecule has 1 heterocycles. The molecule has 5 heteroatoms. The molecule has 0 unspecified atom stereocenters. The molecule has 3 nitrogen and oxygen atoms in total. The van der Waals surface area contributed by atoms with Crippen LogP contribution in [0.1, 0.15) is 40.1 Å². The molecule has 0 aliphatic heterocycles. The summed E-state index contributed by atoms with van der Waals surface area (Å²) in [4.78, 5) is 23.0. The molecule has 0 aliphatic rings. The molecule has 0 saturated heterocycles. The van der Waals surface area contributed by atoms with Gasteiger partial charge in [0.15, 0.2) is 0 Å². The van der Waals surface area contributed by atoms with Crippen LogP contribution >= 0.6 is 22.9 Å². The van der Waals surface area contributed by atoms with E-state index >= 15 is 0 Å². The summed E-state index contributed by atoms with van der Waals surface area (Å²) in [5, 5.41) is -0.560. The van der Waals surface area contributed by atoms with Crippen molar-refractivity contribution in [1.82, 2.24) is 0 Å². The first-order valence-electron chi connectivity index (χ1n) is 4.32. The van der Waals surface area contributed by atoms with E-state index in [4.69, 9.17) is 16.3 Å². The fourth-order valence-corrected chi connectivity index (χ4v) is 1.77. The Balaban J connectivity index is 2.79. The molecule has 15 heavy (non-hydrogen) atoms. The number of thiophene rings is 1. The summed E-state index contributed by atoms with van der Waals surface area (Å²) in [6.45, 7) is 5.35. The molecule has 0 saturated carbocycles. The van der Waals surface area contributed by atoms with Gasteiger partial charge in [-0.25, -0.2) is 4.79 Å². The second-order valence-corrected chi connectivity index (χ2v) is 5.37. The van der Waals surface area contributed by atoms with Crippen LogP contribution in [0.15, 0.2) is 12.1 Å². The van der Waals surface area contributed by atoms with Gasteiger partial charge < -0.3 is 4.74 Å². The van der Waals surface area contributed by atoms with Crippen LogP contribution in [0.25, 0.3) is 0 Å². The Morgan fingerprint density at radius 3 is 2.20 bits per heavy atom. The fourth-order valence-electron chi connectivity index (χ4n) is 0.882. The summed E-state index contributed by atoms with van der Waals surface area (Å²) >= 11 is 6.31. The average molecular weight is 247 g/mol. The predicted octanol–water partition coefficient (Wildman–Crippen LogP) is 3.08. The summed E-state index contributed by atoms with van der Waals surface area (Å²) in [7, 11) is 0. The molecule has 0 amide bonds. The number of ether oxygens (including phenoxy) is 1. The second kappa shape index (κ2) is 4.33. The van der Waals surface area contributed by atoms with E-state index in [-0.39, 0.29) is 0 Å². The summed E-state index contributed by atoms with van der Waals surface area (Å²) in [5.41, 5.74) is -0.536. The minimum Gasteiger partial charge on any atom is -0.456 e. The third-order valence-electron chi connectivity index (χ3n) is 1.40. The Morgan fingerprint density at radius 2 is 1.80 bits per heavy atom. The summed E-state index contributed by atoms with van der Waals surface area (Å²) in [6.07, 6.45) is 0. The topological polar surface area (TPSA) is 43.4 Å². The maximum Gasteiger partial charge on any atom is 0.348 e. The summed E-state index contributed by atoms with van der Waals surface area (Å²) < 4.78 is 5.13. The van der Waals surface area contributed by atoms with Crippen molar-refractivity contribution in [1.29, 1.82) is 0 Å². The number of carbonyl (C=O) groups is 2. The normalized spacial score (nSPS) is 11.2. The SMILES string of the molecule is CC(C)(C)OC(=O)c1ccc(C(=O)Cl)s1.